The van der Waals surface area contributed by atoms with Gasteiger partial charge < -0.3 is 4.74 Å². The van der Waals surface area contributed by atoms with E-state index >= 15 is 0 Å². The van der Waals surface area contributed by atoms with Crippen molar-refractivity contribution in [1.29, 1.82) is 0 Å². The van der Waals surface area contributed by atoms with Crippen LogP contribution >= 0.6 is 0 Å². The lowest BCUT2D eigenvalue weighted by molar-refractivity contribution is -0.121. The zero-order valence-electron chi connectivity index (χ0n) is 8.08. The molecule has 4 nitrogen and oxygen atoms in total. The quantitative estimate of drug-likeness (QED) is 0.372. The fraction of sp³-hybridized carbons (Fsp3) is 0.889. The Kier molecular flexibility index (Phi) is 4.18. The number of carbonyl (C=O) groups excluding carboxylic acids is 1. The molecule has 1 aliphatic rings. The van der Waals surface area contributed by atoms with Gasteiger partial charge in [0.25, 0.3) is 0 Å². The number of hydrazine groups is 1. The molecular formula is C9H18N2O2. The Morgan fingerprint density at radius 2 is 2.23 bits per heavy atom. The number of nitrogens with two attached hydrogens (primary N) is 1. The largest absolute Gasteiger partial charge is 0.384 e. The summed E-state index contributed by atoms with van der Waals surface area (Å²) >= 11 is 0. The predicted molar refractivity (Wildman–Crippen MR) is 49.7 cm³/mol. The van der Waals surface area contributed by atoms with Gasteiger partial charge in [-0.2, -0.15) is 0 Å². The van der Waals surface area contributed by atoms with Crippen molar-refractivity contribution in [2.24, 2.45) is 17.7 Å². The first kappa shape index (κ1) is 10.5. The van der Waals surface area contributed by atoms with Gasteiger partial charge in [-0.15, -0.1) is 0 Å². The highest BCUT2D eigenvalue weighted by atomic mass is 16.5. The first-order valence-electron chi connectivity index (χ1n) is 4.74. The van der Waals surface area contributed by atoms with E-state index in [1.807, 2.05) is 0 Å². The Morgan fingerprint density at radius 3 is 2.77 bits per heavy atom. The number of amides is 1. The second kappa shape index (κ2) is 5.19. The topological polar surface area (TPSA) is 64.3 Å². The lowest BCUT2D eigenvalue weighted by Gasteiger charge is -2.34. The SMILES string of the molecule is COCC1CC(CCC(=O)NN)C1. The molecule has 0 bridgehead atoms. The van der Waals surface area contributed by atoms with E-state index < -0.39 is 0 Å². The van der Waals surface area contributed by atoms with Crippen LogP contribution in [0.3, 0.4) is 0 Å². The highest BCUT2D eigenvalue weighted by Crippen LogP contribution is 2.36. The average molecular weight is 186 g/mol. The summed E-state index contributed by atoms with van der Waals surface area (Å²) in [6, 6.07) is 0. The monoisotopic (exact) mass is 186 g/mol. The summed E-state index contributed by atoms with van der Waals surface area (Å²) in [7, 11) is 1.73. The van der Waals surface area contributed by atoms with Crippen molar-refractivity contribution in [3.63, 3.8) is 0 Å². The van der Waals surface area contributed by atoms with Gasteiger partial charge in [0.15, 0.2) is 0 Å². The molecule has 1 rings (SSSR count). The molecule has 1 amide bonds. The van der Waals surface area contributed by atoms with Crippen LogP contribution in [-0.4, -0.2) is 19.6 Å². The van der Waals surface area contributed by atoms with Gasteiger partial charge in [-0.1, -0.05) is 0 Å². The third-order valence-corrected chi connectivity index (χ3v) is 2.68. The zero-order valence-corrected chi connectivity index (χ0v) is 8.08. The summed E-state index contributed by atoms with van der Waals surface area (Å²) in [4.78, 5) is 10.8. The highest BCUT2D eigenvalue weighted by Gasteiger charge is 2.28. The van der Waals surface area contributed by atoms with Crippen molar-refractivity contribution in [1.82, 2.24) is 5.43 Å². The summed E-state index contributed by atoms with van der Waals surface area (Å²) in [5.41, 5.74) is 2.14. The number of nitrogens with one attached hydrogen (secondary N) is 1. The predicted octanol–water partition coefficient (Wildman–Crippen LogP) is 0.429. The van der Waals surface area contributed by atoms with Gasteiger partial charge in [-0.25, -0.2) is 5.84 Å². The van der Waals surface area contributed by atoms with Crippen molar-refractivity contribution in [3.8, 4) is 0 Å². The van der Waals surface area contributed by atoms with E-state index in [2.05, 4.69) is 5.43 Å². The smallest absolute Gasteiger partial charge is 0.233 e. The maximum atomic E-state index is 10.8. The van der Waals surface area contributed by atoms with E-state index in [1.165, 1.54) is 12.8 Å². The van der Waals surface area contributed by atoms with Crippen molar-refractivity contribution in [2.75, 3.05) is 13.7 Å². The van der Waals surface area contributed by atoms with Crippen molar-refractivity contribution in [3.05, 3.63) is 0 Å². The summed E-state index contributed by atoms with van der Waals surface area (Å²) in [6.45, 7) is 0.861. The van der Waals surface area contributed by atoms with Crippen molar-refractivity contribution < 1.29 is 9.53 Å². The molecule has 13 heavy (non-hydrogen) atoms. The molecule has 0 aromatic heterocycles. The van der Waals surface area contributed by atoms with Crippen LogP contribution in [0.4, 0.5) is 0 Å². The van der Waals surface area contributed by atoms with Crippen LogP contribution in [-0.2, 0) is 9.53 Å². The van der Waals surface area contributed by atoms with Gasteiger partial charge in [0.1, 0.15) is 0 Å². The van der Waals surface area contributed by atoms with Crippen LogP contribution in [0.15, 0.2) is 0 Å². The summed E-state index contributed by atoms with van der Waals surface area (Å²) in [6.07, 6.45) is 3.92. The Hall–Kier alpha value is -0.610. The number of hydrogen-bond acceptors (Lipinski definition) is 3. The fourth-order valence-electron chi connectivity index (χ4n) is 1.89. The molecular weight excluding hydrogens is 168 g/mol. The van der Waals surface area contributed by atoms with Crippen LogP contribution in [0.2, 0.25) is 0 Å². The van der Waals surface area contributed by atoms with E-state index in [1.54, 1.807) is 7.11 Å². The summed E-state index contributed by atoms with van der Waals surface area (Å²) in [5.74, 6) is 6.34. The fourth-order valence-corrected chi connectivity index (χ4v) is 1.89. The second-order valence-corrected chi connectivity index (χ2v) is 3.76. The van der Waals surface area contributed by atoms with E-state index in [0.29, 0.717) is 12.3 Å². The minimum Gasteiger partial charge on any atom is -0.384 e. The minimum atomic E-state index is -0.0600. The summed E-state index contributed by atoms with van der Waals surface area (Å²) < 4.78 is 5.04. The Labute approximate surface area is 78.8 Å². The first-order valence-corrected chi connectivity index (χ1v) is 4.74. The third kappa shape index (κ3) is 3.32. The van der Waals surface area contributed by atoms with Gasteiger partial charge in [0.05, 0.1) is 0 Å². The standard InChI is InChI=1S/C9H18N2O2/c1-13-6-8-4-7(5-8)2-3-9(12)11-10/h7-8H,2-6,10H2,1H3,(H,11,12). The molecule has 0 atom stereocenters. The van der Waals surface area contributed by atoms with Gasteiger partial charge in [0.2, 0.25) is 5.91 Å². The van der Waals surface area contributed by atoms with E-state index in [4.69, 9.17) is 10.6 Å². The van der Waals surface area contributed by atoms with E-state index in [0.717, 1.165) is 18.9 Å². The molecule has 0 aromatic carbocycles. The van der Waals surface area contributed by atoms with E-state index in [9.17, 15) is 4.79 Å². The Morgan fingerprint density at radius 1 is 1.54 bits per heavy atom. The van der Waals surface area contributed by atoms with Gasteiger partial charge >= 0.3 is 0 Å². The van der Waals surface area contributed by atoms with Crippen molar-refractivity contribution in [2.45, 2.75) is 25.7 Å². The molecule has 0 aromatic rings. The Balaban J connectivity index is 1.98. The number of hydrogen-bond donors (Lipinski definition) is 2. The van der Waals surface area contributed by atoms with Crippen LogP contribution < -0.4 is 11.3 Å². The molecule has 76 valence electrons. The molecule has 3 N–H and O–H groups in total. The van der Waals surface area contributed by atoms with Gasteiger partial charge in [0, 0.05) is 20.1 Å². The molecule has 0 saturated heterocycles. The summed E-state index contributed by atoms with van der Waals surface area (Å²) in [5, 5.41) is 0. The number of ether oxygens (including phenoxy) is 1. The maximum Gasteiger partial charge on any atom is 0.233 e. The molecule has 1 fully saturated rings. The average Bonchev–Trinajstić information content (AvgIpc) is 2.08. The second-order valence-electron chi connectivity index (χ2n) is 3.76. The lowest BCUT2D eigenvalue weighted by atomic mass is 9.73. The van der Waals surface area contributed by atoms with Crippen LogP contribution in [0.5, 0.6) is 0 Å². The van der Waals surface area contributed by atoms with Crippen molar-refractivity contribution >= 4 is 5.91 Å². The number of carbonyl (C=O) groups is 1. The lowest BCUT2D eigenvalue weighted by Crippen LogP contribution is -2.32. The molecule has 0 radical (unpaired) electrons. The molecule has 1 saturated carbocycles. The maximum absolute atomic E-state index is 10.8. The number of rotatable bonds is 5. The molecule has 0 unspecified atom stereocenters. The Bertz CT molecular complexity index is 167. The molecule has 4 heteroatoms. The van der Waals surface area contributed by atoms with Gasteiger partial charge in [-0.05, 0) is 31.1 Å². The van der Waals surface area contributed by atoms with E-state index in [-0.39, 0.29) is 5.91 Å². The molecule has 0 heterocycles. The van der Waals surface area contributed by atoms with Crippen LogP contribution in [0, 0.1) is 11.8 Å². The third-order valence-electron chi connectivity index (χ3n) is 2.68. The normalized spacial score (nSPS) is 26.6. The molecule has 1 aliphatic carbocycles. The zero-order chi connectivity index (χ0) is 9.68. The number of methoxy groups -OCH3 is 1. The molecule has 0 aliphatic heterocycles. The highest BCUT2D eigenvalue weighted by molar-refractivity contribution is 5.75. The molecule has 0 spiro atoms. The first-order chi connectivity index (χ1) is 6.26. The minimum absolute atomic E-state index is 0.0600. The van der Waals surface area contributed by atoms with Gasteiger partial charge in [-0.3, -0.25) is 10.2 Å². The van der Waals surface area contributed by atoms with Crippen LogP contribution in [0.1, 0.15) is 25.7 Å². The van der Waals surface area contributed by atoms with Crippen LogP contribution in [0.25, 0.3) is 0 Å².